The van der Waals surface area contributed by atoms with Crippen molar-refractivity contribution in [3.05, 3.63) is 0 Å². The minimum absolute atomic E-state index is 0.0460. The lowest BCUT2D eigenvalue weighted by atomic mass is 9.49. The predicted octanol–water partition coefficient (Wildman–Crippen LogP) is 1.95. The summed E-state index contributed by atoms with van der Waals surface area (Å²) in [4.78, 5) is 12.5. The molecule has 0 atom stereocenters. The molecule has 0 spiro atoms. The smallest absolute Gasteiger partial charge is 0.226 e. The fraction of sp³-hybridized carbons (Fsp3) is 0.857. The summed E-state index contributed by atoms with van der Waals surface area (Å²) in [7, 11) is 0. The third-order valence-corrected chi connectivity index (χ3v) is 5.88. The average Bonchev–Trinajstić information content (AvgIpc) is 2.32. The molecule has 4 aliphatic carbocycles. The number of rotatable bonds is 4. The Labute approximate surface area is 118 Å². The van der Waals surface area contributed by atoms with Crippen molar-refractivity contribution >= 4 is 22.8 Å². The molecule has 4 N–H and O–H groups in total. The lowest BCUT2D eigenvalue weighted by molar-refractivity contribution is -0.146. The number of hydrogen-bond acceptors (Lipinski definition) is 3. The van der Waals surface area contributed by atoms with E-state index in [4.69, 9.17) is 11.1 Å². The third-order valence-electron chi connectivity index (χ3n) is 5.17. The van der Waals surface area contributed by atoms with Crippen LogP contribution in [0.2, 0.25) is 0 Å². The summed E-state index contributed by atoms with van der Waals surface area (Å²) < 4.78 is 0. The van der Waals surface area contributed by atoms with Crippen LogP contribution < -0.4 is 11.1 Å². The van der Waals surface area contributed by atoms with Gasteiger partial charge in [-0.05, 0) is 56.3 Å². The maximum atomic E-state index is 12.5. The molecule has 4 rings (SSSR count). The number of amides is 1. The molecule has 0 aromatic heterocycles. The van der Waals surface area contributed by atoms with Crippen LogP contribution in [0.3, 0.4) is 0 Å². The quantitative estimate of drug-likeness (QED) is 0.418. The van der Waals surface area contributed by atoms with E-state index in [1.165, 1.54) is 31.0 Å². The molecule has 4 fully saturated rings. The monoisotopic (exact) mass is 281 g/mol. The number of carbonyl (C=O) groups excluding carboxylic acids is 1. The molecule has 0 aromatic rings. The number of amidine groups is 1. The molecule has 19 heavy (non-hydrogen) atoms. The fourth-order valence-electron chi connectivity index (χ4n) is 4.90. The number of carbonyl (C=O) groups is 1. The average molecular weight is 281 g/mol. The maximum absolute atomic E-state index is 12.5. The van der Waals surface area contributed by atoms with Crippen LogP contribution in [0.4, 0.5) is 0 Å². The Morgan fingerprint density at radius 1 is 1.21 bits per heavy atom. The highest BCUT2D eigenvalue weighted by molar-refractivity contribution is 8.13. The van der Waals surface area contributed by atoms with E-state index in [0.29, 0.717) is 12.3 Å². The zero-order chi connectivity index (χ0) is 13.5. The Morgan fingerprint density at radius 3 is 2.21 bits per heavy atom. The molecule has 5 heteroatoms. The largest absolute Gasteiger partial charge is 0.379 e. The van der Waals surface area contributed by atoms with Gasteiger partial charge in [0, 0.05) is 17.7 Å². The second-order valence-electron chi connectivity index (χ2n) is 6.67. The van der Waals surface area contributed by atoms with Gasteiger partial charge in [0.1, 0.15) is 0 Å². The number of nitrogens with one attached hydrogen (secondary N) is 2. The van der Waals surface area contributed by atoms with Crippen LogP contribution in [-0.4, -0.2) is 23.4 Å². The first kappa shape index (κ1) is 13.3. The summed E-state index contributed by atoms with van der Waals surface area (Å²) in [5.74, 6) is 3.40. The standard InChI is InChI=1S/C14H23N3OS/c15-13(16)19-2-1-17-12(18)14-6-9-3-10(7-14)5-11(4-9)8-14/h9-11H,1-8H2,(H3,15,16)(H,17,18). The first-order chi connectivity index (χ1) is 9.07. The minimum Gasteiger partial charge on any atom is -0.379 e. The van der Waals surface area contributed by atoms with Crippen LogP contribution in [-0.2, 0) is 4.79 Å². The Kier molecular flexibility index (Phi) is 3.50. The van der Waals surface area contributed by atoms with Gasteiger partial charge in [0.15, 0.2) is 5.17 Å². The first-order valence-corrected chi connectivity index (χ1v) is 8.31. The van der Waals surface area contributed by atoms with Gasteiger partial charge in [0.05, 0.1) is 0 Å². The summed E-state index contributed by atoms with van der Waals surface area (Å²) in [6.45, 7) is 0.630. The molecular formula is C14H23N3OS. The van der Waals surface area contributed by atoms with Gasteiger partial charge in [-0.1, -0.05) is 11.8 Å². The highest BCUT2D eigenvalue weighted by Crippen LogP contribution is 2.60. The summed E-state index contributed by atoms with van der Waals surface area (Å²) in [6.07, 6.45) is 7.45. The van der Waals surface area contributed by atoms with Crippen LogP contribution in [0, 0.1) is 28.6 Å². The number of hydrogen-bond donors (Lipinski definition) is 3. The van der Waals surface area contributed by atoms with E-state index >= 15 is 0 Å². The second-order valence-corrected chi connectivity index (χ2v) is 7.80. The number of nitrogens with two attached hydrogens (primary N) is 1. The minimum atomic E-state index is -0.0460. The summed E-state index contributed by atoms with van der Waals surface area (Å²) in [5, 5.41) is 10.4. The summed E-state index contributed by atoms with van der Waals surface area (Å²) in [6, 6.07) is 0. The first-order valence-electron chi connectivity index (χ1n) is 7.32. The summed E-state index contributed by atoms with van der Waals surface area (Å²) in [5.41, 5.74) is 5.24. The third kappa shape index (κ3) is 2.62. The van der Waals surface area contributed by atoms with E-state index in [1.54, 1.807) is 0 Å². The molecule has 0 radical (unpaired) electrons. The molecule has 4 saturated carbocycles. The van der Waals surface area contributed by atoms with Crippen molar-refractivity contribution in [3.63, 3.8) is 0 Å². The zero-order valence-electron chi connectivity index (χ0n) is 11.3. The molecule has 4 nitrogen and oxygen atoms in total. The molecule has 106 valence electrons. The van der Waals surface area contributed by atoms with Crippen molar-refractivity contribution in [3.8, 4) is 0 Å². The predicted molar refractivity (Wildman–Crippen MR) is 78.0 cm³/mol. The van der Waals surface area contributed by atoms with Crippen LogP contribution in [0.15, 0.2) is 0 Å². The number of thioether (sulfide) groups is 1. The second kappa shape index (κ2) is 5.00. The van der Waals surface area contributed by atoms with E-state index in [0.717, 1.165) is 37.0 Å². The Morgan fingerprint density at radius 2 is 1.74 bits per heavy atom. The lowest BCUT2D eigenvalue weighted by Gasteiger charge is -2.55. The van der Waals surface area contributed by atoms with Crippen LogP contribution in [0.1, 0.15) is 38.5 Å². The van der Waals surface area contributed by atoms with E-state index in [2.05, 4.69) is 5.32 Å². The van der Waals surface area contributed by atoms with Crippen molar-refractivity contribution in [1.82, 2.24) is 5.32 Å². The van der Waals surface area contributed by atoms with Crippen molar-refractivity contribution in [2.75, 3.05) is 12.3 Å². The van der Waals surface area contributed by atoms with Gasteiger partial charge in [-0.25, -0.2) is 0 Å². The summed E-state index contributed by atoms with van der Waals surface area (Å²) >= 11 is 1.30. The van der Waals surface area contributed by atoms with Gasteiger partial charge in [-0.2, -0.15) is 0 Å². The zero-order valence-corrected chi connectivity index (χ0v) is 12.1. The normalized spacial score (nSPS) is 39.3. The van der Waals surface area contributed by atoms with Crippen LogP contribution >= 0.6 is 11.8 Å². The van der Waals surface area contributed by atoms with Gasteiger partial charge in [0.25, 0.3) is 0 Å². The van der Waals surface area contributed by atoms with Crippen molar-refractivity contribution < 1.29 is 4.79 Å². The fourth-order valence-corrected chi connectivity index (χ4v) is 5.33. The van der Waals surface area contributed by atoms with Gasteiger partial charge >= 0.3 is 0 Å². The van der Waals surface area contributed by atoms with E-state index in [-0.39, 0.29) is 16.5 Å². The van der Waals surface area contributed by atoms with Crippen molar-refractivity contribution in [1.29, 1.82) is 5.41 Å². The highest BCUT2D eigenvalue weighted by atomic mass is 32.2. The molecule has 1 amide bonds. The maximum Gasteiger partial charge on any atom is 0.226 e. The molecule has 0 saturated heterocycles. The lowest BCUT2D eigenvalue weighted by Crippen LogP contribution is -2.53. The van der Waals surface area contributed by atoms with Crippen molar-refractivity contribution in [2.24, 2.45) is 28.9 Å². The topological polar surface area (TPSA) is 79.0 Å². The SMILES string of the molecule is N=C(N)SCCNC(=O)C12CC3CC(CC(C3)C1)C2. The van der Waals surface area contributed by atoms with Gasteiger partial charge in [-0.15, -0.1) is 0 Å². The Balaban J connectivity index is 1.56. The molecule has 0 unspecified atom stereocenters. The molecule has 4 bridgehead atoms. The van der Waals surface area contributed by atoms with E-state index in [1.807, 2.05) is 0 Å². The molecule has 0 aliphatic heterocycles. The van der Waals surface area contributed by atoms with E-state index in [9.17, 15) is 4.79 Å². The highest BCUT2D eigenvalue weighted by Gasteiger charge is 2.54. The Bertz CT molecular complexity index is 361. The van der Waals surface area contributed by atoms with Crippen LogP contribution in [0.5, 0.6) is 0 Å². The molecular weight excluding hydrogens is 258 g/mol. The van der Waals surface area contributed by atoms with Crippen molar-refractivity contribution in [2.45, 2.75) is 38.5 Å². The molecule has 0 aromatic carbocycles. The molecule has 0 heterocycles. The van der Waals surface area contributed by atoms with Gasteiger partial charge in [-0.3, -0.25) is 10.2 Å². The van der Waals surface area contributed by atoms with Gasteiger partial charge in [0.2, 0.25) is 5.91 Å². The van der Waals surface area contributed by atoms with Gasteiger partial charge < -0.3 is 11.1 Å². The van der Waals surface area contributed by atoms with Crippen LogP contribution in [0.25, 0.3) is 0 Å². The Hall–Kier alpha value is -0.710. The van der Waals surface area contributed by atoms with E-state index < -0.39 is 0 Å². The molecule has 4 aliphatic rings.